The molecule has 0 saturated heterocycles. The van der Waals surface area contributed by atoms with Crippen LogP contribution in [0.1, 0.15) is 21.6 Å². The molecule has 2 aromatic carbocycles. The van der Waals surface area contributed by atoms with Gasteiger partial charge in [0.25, 0.3) is 0 Å². The Kier molecular flexibility index (Phi) is 7.29. The van der Waals surface area contributed by atoms with Crippen LogP contribution < -0.4 is 10.6 Å². The zero-order valence-electron chi connectivity index (χ0n) is 17.7. The van der Waals surface area contributed by atoms with Crippen LogP contribution in [0.3, 0.4) is 0 Å². The lowest BCUT2D eigenvalue weighted by molar-refractivity contribution is -0.129. The summed E-state index contributed by atoms with van der Waals surface area (Å²) >= 11 is 1.60. The van der Waals surface area contributed by atoms with E-state index in [1.807, 2.05) is 40.6 Å². The van der Waals surface area contributed by atoms with Crippen molar-refractivity contribution >= 4 is 23.2 Å². The van der Waals surface area contributed by atoms with Gasteiger partial charge in [0.2, 0.25) is 11.8 Å². The summed E-state index contributed by atoms with van der Waals surface area (Å²) in [5.41, 5.74) is 3.25. The first-order valence-electron chi connectivity index (χ1n) is 10.7. The maximum absolute atomic E-state index is 13.1. The number of benzene rings is 2. The van der Waals surface area contributed by atoms with Crippen LogP contribution in [-0.4, -0.2) is 35.8 Å². The third kappa shape index (κ3) is 5.81. The summed E-state index contributed by atoms with van der Waals surface area (Å²) in [6.45, 7) is 1.67. The molecule has 166 valence electrons. The lowest BCUT2D eigenvalue weighted by atomic mass is 9.93. The second kappa shape index (κ2) is 10.5. The van der Waals surface area contributed by atoms with Crippen LogP contribution in [0.2, 0.25) is 0 Å². The zero-order chi connectivity index (χ0) is 22.3. The maximum atomic E-state index is 13.1. The van der Waals surface area contributed by atoms with Gasteiger partial charge in [-0.1, -0.05) is 42.5 Å². The Balaban J connectivity index is 1.37. The fourth-order valence-corrected chi connectivity index (χ4v) is 4.58. The van der Waals surface area contributed by atoms with Gasteiger partial charge in [-0.25, -0.2) is 4.39 Å². The first kappa shape index (κ1) is 22.2. The van der Waals surface area contributed by atoms with Gasteiger partial charge in [0.05, 0.1) is 19.1 Å². The number of carbonyl (C=O) groups excluding carboxylic acids is 2. The van der Waals surface area contributed by atoms with Crippen molar-refractivity contribution in [3.05, 3.63) is 93.4 Å². The van der Waals surface area contributed by atoms with Crippen LogP contribution in [0.25, 0.3) is 0 Å². The minimum atomic E-state index is -0.411. The van der Waals surface area contributed by atoms with Crippen LogP contribution in [0.15, 0.2) is 66.0 Å². The molecule has 0 aliphatic carbocycles. The first-order valence-corrected chi connectivity index (χ1v) is 11.6. The number of nitrogens with one attached hydrogen (secondary N) is 2. The van der Waals surface area contributed by atoms with E-state index in [9.17, 15) is 14.0 Å². The van der Waals surface area contributed by atoms with Crippen LogP contribution in [0.4, 0.5) is 4.39 Å². The highest BCUT2D eigenvalue weighted by molar-refractivity contribution is 7.09. The monoisotopic (exact) mass is 451 g/mol. The first-order chi connectivity index (χ1) is 15.6. The Morgan fingerprint density at radius 1 is 1.00 bits per heavy atom. The van der Waals surface area contributed by atoms with Gasteiger partial charge in [0.1, 0.15) is 5.82 Å². The molecule has 1 atom stereocenters. The Hall–Kier alpha value is -3.03. The highest BCUT2D eigenvalue weighted by Crippen LogP contribution is 2.23. The molecule has 2 heterocycles. The van der Waals surface area contributed by atoms with E-state index in [0.29, 0.717) is 32.5 Å². The van der Waals surface area contributed by atoms with E-state index in [-0.39, 0.29) is 24.2 Å². The summed E-state index contributed by atoms with van der Waals surface area (Å²) in [6, 6.07) is 17.9. The lowest BCUT2D eigenvalue weighted by Gasteiger charge is -2.35. The summed E-state index contributed by atoms with van der Waals surface area (Å²) in [5.74, 6) is -0.457. The minimum absolute atomic E-state index is 0.0901. The van der Waals surface area contributed by atoms with E-state index in [0.717, 1.165) is 21.6 Å². The number of hydrogen-bond acceptors (Lipinski definition) is 4. The molecular weight excluding hydrogens is 425 g/mol. The van der Waals surface area contributed by atoms with Crippen molar-refractivity contribution in [2.75, 3.05) is 13.1 Å². The van der Waals surface area contributed by atoms with E-state index in [2.05, 4.69) is 16.7 Å². The number of thiophene rings is 1. The topological polar surface area (TPSA) is 61.4 Å². The fourth-order valence-electron chi connectivity index (χ4n) is 3.94. The van der Waals surface area contributed by atoms with E-state index in [1.54, 1.807) is 23.5 Å². The minimum Gasteiger partial charge on any atom is -0.354 e. The number of hydrogen-bond donors (Lipinski definition) is 2. The third-order valence-corrected chi connectivity index (χ3v) is 6.54. The molecule has 1 aliphatic heterocycles. The van der Waals surface area contributed by atoms with E-state index in [4.69, 9.17) is 0 Å². The van der Waals surface area contributed by atoms with Crippen molar-refractivity contribution in [3.8, 4) is 0 Å². The number of rotatable bonds is 8. The molecule has 4 rings (SSSR count). The highest BCUT2D eigenvalue weighted by Gasteiger charge is 2.32. The Bertz CT molecular complexity index is 1050. The van der Waals surface area contributed by atoms with Crippen LogP contribution in [-0.2, 0) is 35.5 Å². The standard InChI is InChI=1S/C25H26FN3O2S/c26-21-9-7-18(8-10-21)11-12-27-25(31)23-14-19-4-1-2-5-20(19)16-29(23)17-24(30)28-15-22-6-3-13-32-22/h1-10,13,23H,11-12,14-17H2,(H,27,31)(H,28,30). The van der Waals surface area contributed by atoms with Gasteiger partial charge < -0.3 is 10.6 Å². The second-order valence-electron chi connectivity index (χ2n) is 7.92. The smallest absolute Gasteiger partial charge is 0.237 e. The SMILES string of the molecule is O=C(CN1Cc2ccccc2CC1C(=O)NCCc1ccc(F)cc1)NCc1cccs1. The molecule has 2 amide bonds. The summed E-state index contributed by atoms with van der Waals surface area (Å²) < 4.78 is 13.1. The van der Waals surface area contributed by atoms with Crippen molar-refractivity contribution < 1.29 is 14.0 Å². The van der Waals surface area contributed by atoms with Crippen LogP contribution >= 0.6 is 11.3 Å². The molecule has 32 heavy (non-hydrogen) atoms. The normalized spacial score (nSPS) is 15.7. The number of halogens is 1. The van der Waals surface area contributed by atoms with E-state index in [1.165, 1.54) is 12.1 Å². The lowest BCUT2D eigenvalue weighted by Crippen LogP contribution is -2.53. The largest absolute Gasteiger partial charge is 0.354 e. The molecule has 0 spiro atoms. The number of fused-ring (bicyclic) bond motifs is 1. The van der Waals surface area contributed by atoms with Gasteiger partial charge in [0, 0.05) is 18.0 Å². The average molecular weight is 452 g/mol. The third-order valence-electron chi connectivity index (χ3n) is 5.66. The molecule has 7 heteroatoms. The van der Waals surface area contributed by atoms with Crippen molar-refractivity contribution in [3.63, 3.8) is 0 Å². The number of nitrogens with zero attached hydrogens (tertiary/aromatic N) is 1. The molecule has 0 radical (unpaired) electrons. The van der Waals surface area contributed by atoms with E-state index < -0.39 is 6.04 Å². The summed E-state index contributed by atoms with van der Waals surface area (Å²) in [6.07, 6.45) is 1.19. The summed E-state index contributed by atoms with van der Waals surface area (Å²) in [4.78, 5) is 28.7. The molecule has 0 saturated carbocycles. The molecule has 1 unspecified atom stereocenters. The van der Waals surface area contributed by atoms with Gasteiger partial charge >= 0.3 is 0 Å². The predicted molar refractivity (Wildman–Crippen MR) is 124 cm³/mol. The second-order valence-corrected chi connectivity index (χ2v) is 8.95. The van der Waals surface area contributed by atoms with Crippen LogP contribution in [0, 0.1) is 5.82 Å². The molecule has 0 bridgehead atoms. The van der Waals surface area contributed by atoms with Crippen molar-refractivity contribution in [2.24, 2.45) is 0 Å². The van der Waals surface area contributed by atoms with Gasteiger partial charge in [-0.05, 0) is 53.1 Å². The fraction of sp³-hybridized carbons (Fsp3) is 0.280. The zero-order valence-corrected chi connectivity index (χ0v) is 18.5. The number of carbonyl (C=O) groups is 2. The van der Waals surface area contributed by atoms with Crippen LogP contribution in [0.5, 0.6) is 0 Å². The summed E-state index contributed by atoms with van der Waals surface area (Å²) in [5, 5.41) is 7.93. The number of amides is 2. The van der Waals surface area contributed by atoms with Crippen molar-refractivity contribution in [1.82, 2.24) is 15.5 Å². The molecule has 5 nitrogen and oxygen atoms in total. The molecular formula is C25H26FN3O2S. The Morgan fingerprint density at radius 2 is 1.78 bits per heavy atom. The molecule has 2 N–H and O–H groups in total. The Labute approximate surface area is 191 Å². The highest BCUT2D eigenvalue weighted by atomic mass is 32.1. The Morgan fingerprint density at radius 3 is 2.53 bits per heavy atom. The van der Waals surface area contributed by atoms with Gasteiger partial charge in [-0.2, -0.15) is 0 Å². The molecule has 0 fully saturated rings. The van der Waals surface area contributed by atoms with Crippen molar-refractivity contribution in [2.45, 2.75) is 32.0 Å². The van der Waals surface area contributed by atoms with E-state index >= 15 is 0 Å². The molecule has 1 aromatic heterocycles. The van der Waals surface area contributed by atoms with Gasteiger partial charge in [0.15, 0.2) is 0 Å². The summed E-state index contributed by atoms with van der Waals surface area (Å²) in [7, 11) is 0. The maximum Gasteiger partial charge on any atom is 0.237 e. The van der Waals surface area contributed by atoms with Crippen molar-refractivity contribution in [1.29, 1.82) is 0 Å². The average Bonchev–Trinajstić information content (AvgIpc) is 3.32. The van der Waals surface area contributed by atoms with Gasteiger partial charge in [-0.3, -0.25) is 14.5 Å². The predicted octanol–water partition coefficient (Wildman–Crippen LogP) is 3.29. The molecule has 3 aromatic rings. The molecule has 1 aliphatic rings. The van der Waals surface area contributed by atoms with Gasteiger partial charge in [-0.15, -0.1) is 11.3 Å². The quantitative estimate of drug-likeness (QED) is 0.553.